The molecular weight excluding hydrogens is 194 g/mol. The molecule has 0 unspecified atom stereocenters. The van der Waals surface area contributed by atoms with Crippen LogP contribution in [-0.4, -0.2) is 17.0 Å². The van der Waals surface area contributed by atoms with Crippen molar-refractivity contribution in [1.29, 1.82) is 0 Å². The van der Waals surface area contributed by atoms with Crippen LogP contribution in [0.1, 0.15) is 5.56 Å². The number of hydrogen-bond acceptors (Lipinski definition) is 2. The van der Waals surface area contributed by atoms with Gasteiger partial charge in [-0.3, -0.25) is 4.79 Å². The van der Waals surface area contributed by atoms with Crippen LogP contribution >= 0.6 is 0 Å². The average Bonchev–Trinajstić information content (AvgIpc) is 2.15. The van der Waals surface area contributed by atoms with Gasteiger partial charge in [-0.25, -0.2) is 4.79 Å². The van der Waals surface area contributed by atoms with Crippen molar-refractivity contribution in [3.05, 3.63) is 42.0 Å². The molecule has 1 aromatic rings. The van der Waals surface area contributed by atoms with E-state index in [1.165, 1.54) is 0 Å². The second-order valence-corrected chi connectivity index (χ2v) is 3.03. The molecule has 0 atom stereocenters. The molecule has 0 aliphatic heterocycles. The van der Waals surface area contributed by atoms with Crippen LogP contribution < -0.4 is 5.32 Å². The van der Waals surface area contributed by atoms with E-state index in [9.17, 15) is 9.59 Å². The molecule has 1 rings (SSSR count). The topological polar surface area (TPSA) is 66.4 Å². The van der Waals surface area contributed by atoms with Crippen molar-refractivity contribution in [1.82, 2.24) is 0 Å². The number of hydrogen-bond donors (Lipinski definition) is 2. The Labute approximate surface area is 87.2 Å². The maximum atomic E-state index is 11.2. The lowest BCUT2D eigenvalue weighted by atomic mass is 10.2. The van der Waals surface area contributed by atoms with E-state index >= 15 is 0 Å². The van der Waals surface area contributed by atoms with E-state index in [1.807, 2.05) is 19.1 Å². The minimum absolute atomic E-state index is 0.456. The van der Waals surface area contributed by atoms with Gasteiger partial charge in [-0.15, -0.1) is 0 Å². The van der Waals surface area contributed by atoms with Crippen molar-refractivity contribution in [3.63, 3.8) is 0 Å². The highest BCUT2D eigenvalue weighted by molar-refractivity contribution is 6.02. The van der Waals surface area contributed by atoms with Crippen LogP contribution in [-0.2, 0) is 9.59 Å². The summed E-state index contributed by atoms with van der Waals surface area (Å²) in [5, 5.41) is 10.9. The molecule has 15 heavy (non-hydrogen) atoms. The third-order valence-electron chi connectivity index (χ3n) is 1.66. The van der Waals surface area contributed by atoms with E-state index in [1.54, 1.807) is 12.1 Å². The Balaban J connectivity index is 2.63. The van der Waals surface area contributed by atoms with Crippen molar-refractivity contribution < 1.29 is 14.7 Å². The fraction of sp³-hybridized carbons (Fsp3) is 0.0909. The molecular formula is C11H11NO3. The number of carboxylic acid groups (broad SMARTS) is 1. The van der Waals surface area contributed by atoms with Crippen LogP contribution in [0.5, 0.6) is 0 Å². The molecule has 0 aromatic heterocycles. The highest BCUT2D eigenvalue weighted by atomic mass is 16.4. The van der Waals surface area contributed by atoms with Crippen molar-refractivity contribution in [3.8, 4) is 0 Å². The van der Waals surface area contributed by atoms with E-state index in [-0.39, 0.29) is 0 Å². The molecule has 0 saturated heterocycles. The first-order valence-corrected chi connectivity index (χ1v) is 4.36. The number of carbonyl (C=O) groups is 2. The van der Waals surface area contributed by atoms with E-state index in [2.05, 4.69) is 5.32 Å². The zero-order chi connectivity index (χ0) is 11.3. The normalized spacial score (nSPS) is 10.2. The first-order valence-electron chi connectivity index (χ1n) is 4.36. The maximum absolute atomic E-state index is 11.2. The van der Waals surface area contributed by atoms with Crippen LogP contribution in [0.15, 0.2) is 36.4 Å². The third kappa shape index (κ3) is 4.08. The molecule has 0 radical (unpaired) electrons. The number of nitrogens with one attached hydrogen (secondary N) is 1. The molecule has 0 bridgehead atoms. The van der Waals surface area contributed by atoms with Gasteiger partial charge in [0.2, 0.25) is 5.91 Å². The fourth-order valence-electron chi connectivity index (χ4n) is 1.05. The first-order chi connectivity index (χ1) is 7.08. The number of anilines is 1. The summed E-state index contributed by atoms with van der Waals surface area (Å²) in [6.07, 6.45) is 1.77. The van der Waals surface area contributed by atoms with E-state index < -0.39 is 11.9 Å². The van der Waals surface area contributed by atoms with Crippen molar-refractivity contribution >= 4 is 17.6 Å². The zero-order valence-corrected chi connectivity index (χ0v) is 8.23. The van der Waals surface area contributed by atoms with Gasteiger partial charge >= 0.3 is 5.97 Å². The molecule has 2 N–H and O–H groups in total. The highest BCUT2D eigenvalue weighted by Crippen LogP contribution is 2.09. The molecule has 4 nitrogen and oxygen atoms in total. The number of benzene rings is 1. The number of rotatable bonds is 3. The van der Waals surface area contributed by atoms with Gasteiger partial charge in [0.15, 0.2) is 0 Å². The van der Waals surface area contributed by atoms with Gasteiger partial charge in [-0.2, -0.15) is 0 Å². The average molecular weight is 205 g/mol. The summed E-state index contributed by atoms with van der Waals surface area (Å²) in [6, 6.07) is 7.25. The monoisotopic (exact) mass is 205 g/mol. The molecule has 0 fully saturated rings. The molecule has 4 heteroatoms. The number of aliphatic carboxylic acids is 1. The second-order valence-electron chi connectivity index (χ2n) is 3.03. The summed E-state index contributed by atoms with van der Waals surface area (Å²) in [5.41, 5.74) is 1.67. The summed E-state index contributed by atoms with van der Waals surface area (Å²) in [5.74, 6) is -1.60. The summed E-state index contributed by atoms with van der Waals surface area (Å²) in [6.45, 7) is 1.91. The van der Waals surface area contributed by atoms with Crippen LogP contribution in [0, 0.1) is 6.92 Å². The minimum atomic E-state index is -1.14. The lowest BCUT2D eigenvalue weighted by molar-refractivity contribution is -0.131. The number of amides is 1. The van der Waals surface area contributed by atoms with Gasteiger partial charge in [-0.1, -0.05) is 12.1 Å². The standard InChI is InChI=1S/C11H11NO3/c1-8-3-2-4-9(7-8)12-10(13)5-6-11(14)15/h2-7H,1H3,(H,12,13)(H,14,15)/b6-5-. The summed E-state index contributed by atoms with van der Waals surface area (Å²) >= 11 is 0. The smallest absolute Gasteiger partial charge is 0.328 e. The maximum Gasteiger partial charge on any atom is 0.328 e. The quantitative estimate of drug-likeness (QED) is 0.736. The van der Waals surface area contributed by atoms with Crippen LogP contribution in [0.25, 0.3) is 0 Å². The van der Waals surface area contributed by atoms with Crippen molar-refractivity contribution in [2.75, 3.05) is 5.32 Å². The largest absolute Gasteiger partial charge is 0.478 e. The zero-order valence-electron chi connectivity index (χ0n) is 8.23. The molecule has 0 spiro atoms. The molecule has 0 heterocycles. The Kier molecular flexibility index (Phi) is 3.62. The molecule has 78 valence electrons. The number of carbonyl (C=O) groups excluding carboxylic acids is 1. The molecule has 0 aliphatic carbocycles. The predicted molar refractivity (Wildman–Crippen MR) is 56.6 cm³/mol. The van der Waals surface area contributed by atoms with E-state index in [0.29, 0.717) is 5.69 Å². The molecule has 0 saturated carbocycles. The van der Waals surface area contributed by atoms with Crippen molar-refractivity contribution in [2.45, 2.75) is 6.92 Å². The van der Waals surface area contributed by atoms with Crippen LogP contribution in [0.2, 0.25) is 0 Å². The number of carboxylic acids is 1. The van der Waals surface area contributed by atoms with Crippen LogP contribution in [0.3, 0.4) is 0 Å². The number of aryl methyl sites for hydroxylation is 1. The second kappa shape index (κ2) is 4.95. The minimum Gasteiger partial charge on any atom is -0.478 e. The highest BCUT2D eigenvalue weighted by Gasteiger charge is 1.98. The Bertz CT molecular complexity index is 410. The summed E-state index contributed by atoms with van der Waals surface area (Å²) < 4.78 is 0. The summed E-state index contributed by atoms with van der Waals surface area (Å²) in [7, 11) is 0. The van der Waals surface area contributed by atoms with Gasteiger partial charge in [-0.05, 0) is 24.6 Å². The van der Waals surface area contributed by atoms with Gasteiger partial charge in [0.1, 0.15) is 0 Å². The Morgan fingerprint density at radius 3 is 2.67 bits per heavy atom. The lowest BCUT2D eigenvalue weighted by Crippen LogP contribution is -2.08. The first kappa shape index (κ1) is 11.0. The van der Waals surface area contributed by atoms with Gasteiger partial charge < -0.3 is 10.4 Å². The van der Waals surface area contributed by atoms with E-state index in [4.69, 9.17) is 5.11 Å². The molecule has 1 amide bonds. The SMILES string of the molecule is Cc1cccc(NC(=O)/C=C\C(=O)O)c1. The third-order valence-corrected chi connectivity index (χ3v) is 1.66. The van der Waals surface area contributed by atoms with Gasteiger partial charge in [0.25, 0.3) is 0 Å². The van der Waals surface area contributed by atoms with Gasteiger partial charge in [0, 0.05) is 17.8 Å². The summed E-state index contributed by atoms with van der Waals surface area (Å²) in [4.78, 5) is 21.3. The van der Waals surface area contributed by atoms with E-state index in [0.717, 1.165) is 17.7 Å². The fourth-order valence-corrected chi connectivity index (χ4v) is 1.05. The predicted octanol–water partition coefficient (Wildman–Crippen LogP) is 1.57. The molecule has 1 aromatic carbocycles. The Hall–Kier alpha value is -2.10. The van der Waals surface area contributed by atoms with Gasteiger partial charge in [0.05, 0.1) is 0 Å². The lowest BCUT2D eigenvalue weighted by Gasteiger charge is -2.02. The molecule has 0 aliphatic rings. The Morgan fingerprint density at radius 2 is 2.07 bits per heavy atom. The van der Waals surface area contributed by atoms with Crippen LogP contribution in [0.4, 0.5) is 5.69 Å². The Morgan fingerprint density at radius 1 is 1.33 bits per heavy atom. The van der Waals surface area contributed by atoms with Crippen molar-refractivity contribution in [2.24, 2.45) is 0 Å².